The van der Waals surface area contributed by atoms with E-state index >= 15 is 0 Å². The lowest BCUT2D eigenvalue weighted by atomic mass is 9.69. The summed E-state index contributed by atoms with van der Waals surface area (Å²) < 4.78 is 4.99. The Hall–Kier alpha value is -2.38. The van der Waals surface area contributed by atoms with E-state index in [-0.39, 0.29) is 12.5 Å². The second-order valence-corrected chi connectivity index (χ2v) is 5.12. The molecular formula is C13H18N4O4. The van der Waals surface area contributed by atoms with Crippen LogP contribution >= 0.6 is 0 Å². The van der Waals surface area contributed by atoms with Crippen LogP contribution in [0.15, 0.2) is 6.07 Å². The maximum absolute atomic E-state index is 11.8. The molecular weight excluding hydrogens is 276 g/mol. The highest BCUT2D eigenvalue weighted by Gasteiger charge is 2.44. The molecule has 0 spiro atoms. The van der Waals surface area contributed by atoms with Gasteiger partial charge >= 0.3 is 12.0 Å². The average molecular weight is 294 g/mol. The third kappa shape index (κ3) is 3.39. The van der Waals surface area contributed by atoms with Gasteiger partial charge in [0.2, 0.25) is 11.8 Å². The molecule has 1 aliphatic rings. The van der Waals surface area contributed by atoms with E-state index in [0.717, 1.165) is 6.42 Å². The van der Waals surface area contributed by atoms with Gasteiger partial charge in [-0.05, 0) is 19.8 Å². The molecule has 0 aliphatic heterocycles. The molecule has 0 atom stereocenters. The predicted molar refractivity (Wildman–Crippen MR) is 74.3 cm³/mol. The molecule has 1 aliphatic carbocycles. The van der Waals surface area contributed by atoms with Crippen molar-refractivity contribution in [2.75, 3.05) is 19.0 Å². The molecule has 3 N–H and O–H groups in total. The number of aryl methyl sites for hydroxylation is 1. The van der Waals surface area contributed by atoms with Gasteiger partial charge in [0.1, 0.15) is 0 Å². The molecule has 2 amide bonds. The number of hydrogen-bond donors (Lipinski definition) is 3. The van der Waals surface area contributed by atoms with E-state index in [0.29, 0.717) is 24.4 Å². The van der Waals surface area contributed by atoms with Crippen LogP contribution in [0, 0.1) is 12.3 Å². The molecule has 8 heteroatoms. The zero-order valence-electron chi connectivity index (χ0n) is 12.0. The number of nitrogens with one attached hydrogen (secondary N) is 2. The van der Waals surface area contributed by atoms with E-state index < -0.39 is 17.4 Å². The van der Waals surface area contributed by atoms with Crippen molar-refractivity contribution in [3.05, 3.63) is 11.8 Å². The van der Waals surface area contributed by atoms with Crippen LogP contribution in [-0.2, 0) is 4.79 Å². The topological polar surface area (TPSA) is 113 Å². The summed E-state index contributed by atoms with van der Waals surface area (Å²) in [5, 5.41) is 14.2. The minimum Gasteiger partial charge on any atom is -0.481 e. The maximum Gasteiger partial charge on any atom is 0.321 e. The highest BCUT2D eigenvalue weighted by atomic mass is 16.5. The van der Waals surface area contributed by atoms with Crippen LogP contribution in [0.5, 0.6) is 5.88 Å². The van der Waals surface area contributed by atoms with Gasteiger partial charge in [-0.1, -0.05) is 6.42 Å². The molecule has 1 saturated carbocycles. The summed E-state index contributed by atoms with van der Waals surface area (Å²) in [6.07, 6.45) is 2.03. The standard InChI is InChI=1S/C13H18N4O4/c1-8-6-9(21-2)16-11(15-8)17-12(20)14-7-13(10(18)19)4-3-5-13/h6H,3-5,7H2,1-2H3,(H,18,19)(H2,14,15,16,17,20). The van der Waals surface area contributed by atoms with Gasteiger partial charge in [-0.25, -0.2) is 9.78 Å². The number of urea groups is 1. The van der Waals surface area contributed by atoms with Crippen molar-refractivity contribution in [2.24, 2.45) is 5.41 Å². The smallest absolute Gasteiger partial charge is 0.321 e. The summed E-state index contributed by atoms with van der Waals surface area (Å²) >= 11 is 0. The van der Waals surface area contributed by atoms with Crippen LogP contribution in [0.2, 0.25) is 0 Å². The molecule has 0 unspecified atom stereocenters. The molecule has 0 bridgehead atoms. The van der Waals surface area contributed by atoms with Gasteiger partial charge in [0.05, 0.1) is 12.5 Å². The molecule has 0 radical (unpaired) electrons. The second kappa shape index (κ2) is 5.94. The Kier molecular flexibility index (Phi) is 4.25. The van der Waals surface area contributed by atoms with Gasteiger partial charge in [-0.2, -0.15) is 4.98 Å². The van der Waals surface area contributed by atoms with Crippen molar-refractivity contribution in [1.82, 2.24) is 15.3 Å². The summed E-state index contributed by atoms with van der Waals surface area (Å²) in [5.74, 6) is -0.413. The third-order valence-electron chi connectivity index (χ3n) is 3.62. The summed E-state index contributed by atoms with van der Waals surface area (Å²) in [5.41, 5.74) is -0.180. The van der Waals surface area contributed by atoms with E-state index in [2.05, 4.69) is 20.6 Å². The molecule has 1 fully saturated rings. The van der Waals surface area contributed by atoms with Crippen molar-refractivity contribution in [2.45, 2.75) is 26.2 Å². The van der Waals surface area contributed by atoms with Crippen LogP contribution in [-0.4, -0.2) is 40.7 Å². The van der Waals surface area contributed by atoms with Gasteiger partial charge in [-0.3, -0.25) is 10.1 Å². The average Bonchev–Trinajstić information content (AvgIpc) is 2.36. The lowest BCUT2D eigenvalue weighted by molar-refractivity contribution is -0.153. The molecule has 1 aromatic rings. The number of aliphatic carboxylic acids is 1. The summed E-state index contributed by atoms with van der Waals surface area (Å²) in [6, 6.07) is 1.10. The van der Waals surface area contributed by atoms with Crippen molar-refractivity contribution in [3.8, 4) is 5.88 Å². The number of carboxylic acid groups (broad SMARTS) is 1. The van der Waals surface area contributed by atoms with Crippen LogP contribution in [0.3, 0.4) is 0 Å². The third-order valence-corrected chi connectivity index (χ3v) is 3.62. The number of carboxylic acids is 1. The summed E-state index contributed by atoms with van der Waals surface area (Å²) in [6.45, 7) is 1.85. The van der Waals surface area contributed by atoms with Gasteiger partial charge in [0.25, 0.3) is 0 Å². The lowest BCUT2D eigenvalue weighted by Gasteiger charge is -2.37. The first kappa shape index (κ1) is 15.0. The number of carbonyl (C=O) groups excluding carboxylic acids is 1. The van der Waals surface area contributed by atoms with Crippen LogP contribution in [0.25, 0.3) is 0 Å². The quantitative estimate of drug-likeness (QED) is 0.751. The van der Waals surface area contributed by atoms with Crippen molar-refractivity contribution in [3.63, 3.8) is 0 Å². The van der Waals surface area contributed by atoms with Crippen LogP contribution in [0.4, 0.5) is 10.7 Å². The van der Waals surface area contributed by atoms with E-state index in [1.165, 1.54) is 7.11 Å². The van der Waals surface area contributed by atoms with E-state index in [1.54, 1.807) is 13.0 Å². The molecule has 0 saturated heterocycles. The lowest BCUT2D eigenvalue weighted by Crippen LogP contribution is -2.48. The van der Waals surface area contributed by atoms with Crippen molar-refractivity contribution in [1.29, 1.82) is 0 Å². The first-order chi connectivity index (χ1) is 9.95. The second-order valence-electron chi connectivity index (χ2n) is 5.12. The van der Waals surface area contributed by atoms with E-state index in [9.17, 15) is 14.7 Å². The van der Waals surface area contributed by atoms with Gasteiger partial charge in [0.15, 0.2) is 0 Å². The molecule has 21 heavy (non-hydrogen) atoms. The number of hydrogen-bond acceptors (Lipinski definition) is 5. The summed E-state index contributed by atoms with van der Waals surface area (Å²) in [7, 11) is 1.47. The Labute approximate surface area is 121 Å². The van der Waals surface area contributed by atoms with Crippen molar-refractivity contribution < 1.29 is 19.4 Å². The minimum atomic E-state index is -0.873. The number of carbonyl (C=O) groups is 2. The fraction of sp³-hybridized carbons (Fsp3) is 0.538. The molecule has 0 aromatic carbocycles. The number of amides is 2. The Bertz CT molecular complexity index is 557. The largest absolute Gasteiger partial charge is 0.481 e. The Balaban J connectivity index is 1.93. The zero-order chi connectivity index (χ0) is 15.5. The van der Waals surface area contributed by atoms with Crippen molar-refractivity contribution >= 4 is 17.9 Å². The monoisotopic (exact) mass is 294 g/mol. The van der Waals surface area contributed by atoms with Gasteiger partial charge in [-0.15, -0.1) is 0 Å². The van der Waals surface area contributed by atoms with E-state index in [4.69, 9.17) is 4.74 Å². The van der Waals surface area contributed by atoms with Crippen LogP contribution in [0.1, 0.15) is 25.0 Å². The zero-order valence-corrected chi connectivity index (χ0v) is 12.0. The molecule has 114 valence electrons. The fourth-order valence-electron chi connectivity index (χ4n) is 2.17. The van der Waals surface area contributed by atoms with Crippen LogP contribution < -0.4 is 15.4 Å². The number of aromatic nitrogens is 2. The number of ether oxygens (including phenoxy) is 1. The van der Waals surface area contributed by atoms with Gasteiger partial charge < -0.3 is 15.2 Å². The maximum atomic E-state index is 11.8. The Morgan fingerprint density at radius 1 is 1.43 bits per heavy atom. The number of rotatable bonds is 5. The molecule has 8 nitrogen and oxygen atoms in total. The molecule has 1 heterocycles. The SMILES string of the molecule is COc1cc(C)nc(NC(=O)NCC2(C(=O)O)CCC2)n1. The minimum absolute atomic E-state index is 0.0944. The number of anilines is 1. The molecule has 1 aromatic heterocycles. The highest BCUT2D eigenvalue weighted by Crippen LogP contribution is 2.40. The molecule has 2 rings (SSSR count). The number of methoxy groups -OCH3 is 1. The summed E-state index contributed by atoms with van der Waals surface area (Å²) in [4.78, 5) is 31.0. The fourth-order valence-corrected chi connectivity index (χ4v) is 2.17. The van der Waals surface area contributed by atoms with Gasteiger partial charge in [0, 0.05) is 18.3 Å². The Morgan fingerprint density at radius 3 is 2.67 bits per heavy atom. The predicted octanol–water partition coefficient (Wildman–Crippen LogP) is 1.17. The number of nitrogens with zero attached hydrogens (tertiary/aromatic N) is 2. The first-order valence-electron chi connectivity index (χ1n) is 6.63. The Morgan fingerprint density at radius 2 is 2.14 bits per heavy atom. The first-order valence-corrected chi connectivity index (χ1v) is 6.63. The van der Waals surface area contributed by atoms with E-state index in [1.807, 2.05) is 0 Å². The normalized spacial score (nSPS) is 15.7. The highest BCUT2D eigenvalue weighted by molar-refractivity contribution is 5.88.